The standard InChI is InChI=1S/C20H21NO5/c1-12-7-6-8-13(2)18(12)21-19(22)14(3)25-20(23)17-11-24-15-9-4-5-10-16(15)26-17/h4-10,14,17H,11H2,1-3H3,(H,21,22)/t14-,17+/m1/s1. The van der Waals surface area contributed by atoms with Crippen LogP contribution in [-0.2, 0) is 14.3 Å². The predicted molar refractivity (Wildman–Crippen MR) is 96.5 cm³/mol. The number of carbonyl (C=O) groups excluding carboxylic acids is 2. The average Bonchev–Trinajstić information content (AvgIpc) is 2.64. The van der Waals surface area contributed by atoms with Crippen molar-refractivity contribution in [3.8, 4) is 11.5 Å². The zero-order valence-electron chi connectivity index (χ0n) is 14.9. The Morgan fingerprint density at radius 2 is 1.73 bits per heavy atom. The van der Waals surface area contributed by atoms with Gasteiger partial charge in [-0.15, -0.1) is 0 Å². The van der Waals surface area contributed by atoms with E-state index in [4.69, 9.17) is 14.2 Å². The number of nitrogens with one attached hydrogen (secondary N) is 1. The van der Waals surface area contributed by atoms with Gasteiger partial charge >= 0.3 is 5.97 Å². The van der Waals surface area contributed by atoms with Gasteiger partial charge in [-0.3, -0.25) is 4.79 Å². The molecule has 136 valence electrons. The van der Waals surface area contributed by atoms with Gasteiger partial charge in [0.1, 0.15) is 6.61 Å². The molecule has 1 amide bonds. The molecule has 0 saturated carbocycles. The highest BCUT2D eigenvalue weighted by Gasteiger charge is 2.31. The third kappa shape index (κ3) is 3.79. The summed E-state index contributed by atoms with van der Waals surface area (Å²) in [6, 6.07) is 12.8. The van der Waals surface area contributed by atoms with Crippen LogP contribution in [0, 0.1) is 13.8 Å². The van der Waals surface area contributed by atoms with Crippen LogP contribution in [0.4, 0.5) is 5.69 Å². The molecule has 6 nitrogen and oxygen atoms in total. The van der Waals surface area contributed by atoms with Crippen molar-refractivity contribution in [2.75, 3.05) is 11.9 Å². The smallest absolute Gasteiger partial charge is 0.351 e. The molecule has 1 N–H and O–H groups in total. The molecule has 0 unspecified atom stereocenters. The monoisotopic (exact) mass is 355 g/mol. The van der Waals surface area contributed by atoms with Crippen molar-refractivity contribution in [1.82, 2.24) is 0 Å². The fourth-order valence-electron chi connectivity index (χ4n) is 2.68. The highest BCUT2D eigenvalue weighted by atomic mass is 16.6. The second-order valence-electron chi connectivity index (χ2n) is 6.20. The lowest BCUT2D eigenvalue weighted by atomic mass is 10.1. The maximum absolute atomic E-state index is 12.4. The predicted octanol–water partition coefficient (Wildman–Crippen LogP) is 3.01. The zero-order valence-corrected chi connectivity index (χ0v) is 14.9. The molecule has 0 bridgehead atoms. The SMILES string of the molecule is Cc1cccc(C)c1NC(=O)[C@@H](C)OC(=O)[C@@H]1COc2ccccc2O1. The van der Waals surface area contributed by atoms with E-state index in [1.807, 2.05) is 38.1 Å². The molecule has 6 heteroatoms. The molecule has 0 spiro atoms. The summed E-state index contributed by atoms with van der Waals surface area (Å²) < 4.78 is 16.4. The highest BCUT2D eigenvalue weighted by molar-refractivity contribution is 5.96. The Hall–Kier alpha value is -3.02. The van der Waals surface area contributed by atoms with E-state index in [0.29, 0.717) is 11.5 Å². The van der Waals surface area contributed by atoms with Crippen LogP contribution in [0.25, 0.3) is 0 Å². The van der Waals surface area contributed by atoms with E-state index >= 15 is 0 Å². The van der Waals surface area contributed by atoms with E-state index in [1.54, 1.807) is 18.2 Å². The first-order valence-corrected chi connectivity index (χ1v) is 8.42. The molecule has 2 aromatic carbocycles. The Morgan fingerprint density at radius 3 is 2.42 bits per heavy atom. The first kappa shape index (κ1) is 17.8. The first-order valence-electron chi connectivity index (χ1n) is 8.42. The summed E-state index contributed by atoms with van der Waals surface area (Å²) in [5, 5.41) is 2.81. The van der Waals surface area contributed by atoms with Crippen LogP contribution in [0.2, 0.25) is 0 Å². The lowest BCUT2D eigenvalue weighted by molar-refractivity contribution is -0.162. The maximum atomic E-state index is 12.4. The van der Waals surface area contributed by atoms with E-state index in [-0.39, 0.29) is 6.61 Å². The van der Waals surface area contributed by atoms with Gasteiger partial charge in [-0.2, -0.15) is 0 Å². The average molecular weight is 355 g/mol. The van der Waals surface area contributed by atoms with Crippen molar-refractivity contribution in [1.29, 1.82) is 0 Å². The molecular formula is C20H21NO5. The third-order valence-corrected chi connectivity index (χ3v) is 4.16. The zero-order chi connectivity index (χ0) is 18.7. The number of hydrogen-bond acceptors (Lipinski definition) is 5. The number of carbonyl (C=O) groups is 2. The minimum Gasteiger partial charge on any atom is -0.485 e. The van der Waals surface area contributed by atoms with E-state index in [9.17, 15) is 9.59 Å². The van der Waals surface area contributed by atoms with Crippen molar-refractivity contribution < 1.29 is 23.8 Å². The molecule has 2 aromatic rings. The molecule has 1 aliphatic rings. The van der Waals surface area contributed by atoms with Crippen LogP contribution in [0.3, 0.4) is 0 Å². The lowest BCUT2D eigenvalue weighted by Gasteiger charge is -2.26. The second-order valence-corrected chi connectivity index (χ2v) is 6.20. The Morgan fingerprint density at radius 1 is 1.08 bits per heavy atom. The van der Waals surface area contributed by atoms with Gasteiger partial charge in [-0.1, -0.05) is 30.3 Å². The second kappa shape index (κ2) is 7.47. The Kier molecular flexibility index (Phi) is 5.11. The van der Waals surface area contributed by atoms with Gasteiger partial charge in [0.05, 0.1) is 0 Å². The summed E-state index contributed by atoms with van der Waals surface area (Å²) in [6.45, 7) is 5.38. The van der Waals surface area contributed by atoms with E-state index in [1.165, 1.54) is 6.92 Å². The molecule has 0 aromatic heterocycles. The van der Waals surface area contributed by atoms with Crippen LogP contribution in [0.15, 0.2) is 42.5 Å². The van der Waals surface area contributed by atoms with Gasteiger partial charge in [0, 0.05) is 5.69 Å². The van der Waals surface area contributed by atoms with Gasteiger partial charge in [-0.05, 0) is 44.0 Å². The molecule has 2 atom stereocenters. The normalized spacial score (nSPS) is 16.5. The van der Waals surface area contributed by atoms with Crippen molar-refractivity contribution in [3.63, 3.8) is 0 Å². The molecule has 1 heterocycles. The Balaban J connectivity index is 1.60. The molecule has 1 aliphatic heterocycles. The molecule has 26 heavy (non-hydrogen) atoms. The van der Waals surface area contributed by atoms with Gasteiger partial charge in [0.25, 0.3) is 5.91 Å². The van der Waals surface area contributed by atoms with E-state index < -0.39 is 24.1 Å². The first-order chi connectivity index (χ1) is 12.5. The number of ether oxygens (including phenoxy) is 3. The van der Waals surface area contributed by atoms with E-state index in [0.717, 1.165) is 16.8 Å². The molecule has 0 radical (unpaired) electrons. The van der Waals surface area contributed by atoms with Crippen LogP contribution >= 0.6 is 0 Å². The molecule has 0 aliphatic carbocycles. The number of rotatable bonds is 4. The fraction of sp³-hybridized carbons (Fsp3) is 0.300. The molecular weight excluding hydrogens is 334 g/mol. The highest BCUT2D eigenvalue weighted by Crippen LogP contribution is 2.31. The number of hydrogen-bond donors (Lipinski definition) is 1. The number of benzene rings is 2. The summed E-state index contributed by atoms with van der Waals surface area (Å²) in [4.78, 5) is 24.7. The summed E-state index contributed by atoms with van der Waals surface area (Å²) in [6.07, 6.45) is -1.86. The number of aryl methyl sites for hydroxylation is 2. The number of anilines is 1. The van der Waals surface area contributed by atoms with Crippen molar-refractivity contribution in [3.05, 3.63) is 53.6 Å². The lowest BCUT2D eigenvalue weighted by Crippen LogP contribution is -2.41. The van der Waals surface area contributed by atoms with Crippen molar-refractivity contribution >= 4 is 17.6 Å². The molecule has 0 fully saturated rings. The van der Waals surface area contributed by atoms with Crippen LogP contribution in [-0.4, -0.2) is 30.7 Å². The summed E-state index contributed by atoms with van der Waals surface area (Å²) in [7, 11) is 0. The van der Waals surface area contributed by atoms with Crippen molar-refractivity contribution in [2.45, 2.75) is 33.0 Å². The van der Waals surface area contributed by atoms with Crippen molar-refractivity contribution in [2.24, 2.45) is 0 Å². The van der Waals surface area contributed by atoms with Crippen LogP contribution < -0.4 is 14.8 Å². The summed E-state index contributed by atoms with van der Waals surface area (Å²) in [5.41, 5.74) is 2.61. The molecule has 3 rings (SSSR count). The third-order valence-electron chi connectivity index (χ3n) is 4.16. The van der Waals surface area contributed by atoms with Gasteiger partial charge in [0.15, 0.2) is 17.6 Å². The van der Waals surface area contributed by atoms with E-state index in [2.05, 4.69) is 5.32 Å². The fourth-order valence-corrected chi connectivity index (χ4v) is 2.68. The minimum atomic E-state index is -0.956. The Labute approximate surface area is 152 Å². The number of amides is 1. The minimum absolute atomic E-state index is 0.0427. The number of fused-ring (bicyclic) bond motifs is 1. The van der Waals surface area contributed by atoms with Crippen LogP contribution in [0.1, 0.15) is 18.1 Å². The Bertz CT molecular complexity index is 812. The number of esters is 1. The van der Waals surface area contributed by atoms with Gasteiger partial charge in [0.2, 0.25) is 6.10 Å². The van der Waals surface area contributed by atoms with Crippen LogP contribution in [0.5, 0.6) is 11.5 Å². The summed E-state index contributed by atoms with van der Waals surface area (Å²) in [5.74, 6) is 0.0299. The van der Waals surface area contributed by atoms with Gasteiger partial charge < -0.3 is 19.5 Å². The maximum Gasteiger partial charge on any atom is 0.351 e. The topological polar surface area (TPSA) is 73.9 Å². The quantitative estimate of drug-likeness (QED) is 0.854. The summed E-state index contributed by atoms with van der Waals surface area (Å²) >= 11 is 0. The van der Waals surface area contributed by atoms with Gasteiger partial charge in [-0.25, -0.2) is 4.79 Å². The molecule has 0 saturated heterocycles. The largest absolute Gasteiger partial charge is 0.485 e. The number of para-hydroxylation sites is 3.